The van der Waals surface area contributed by atoms with E-state index < -0.39 is 0 Å². The summed E-state index contributed by atoms with van der Waals surface area (Å²) >= 11 is 0. The van der Waals surface area contributed by atoms with Crippen LogP contribution in [0.5, 0.6) is 5.75 Å². The third-order valence-electron chi connectivity index (χ3n) is 3.72. The Morgan fingerprint density at radius 1 is 1.42 bits per heavy atom. The van der Waals surface area contributed by atoms with Crippen molar-refractivity contribution in [3.63, 3.8) is 0 Å². The van der Waals surface area contributed by atoms with Crippen LogP contribution in [0.4, 0.5) is 0 Å². The number of hydrogen-bond acceptors (Lipinski definition) is 3. The second kappa shape index (κ2) is 5.45. The molecular formula is C15H19N3O. The monoisotopic (exact) mass is 257 g/mol. The smallest absolute Gasteiger partial charge is 0.115 e. The molecule has 0 amide bonds. The number of aromatic hydroxyl groups is 1. The van der Waals surface area contributed by atoms with Gasteiger partial charge in [-0.15, -0.1) is 0 Å². The summed E-state index contributed by atoms with van der Waals surface area (Å²) in [6, 6.07) is 8.10. The van der Waals surface area contributed by atoms with Crippen LogP contribution in [-0.4, -0.2) is 21.4 Å². The molecule has 0 saturated heterocycles. The summed E-state index contributed by atoms with van der Waals surface area (Å²) in [5.41, 5.74) is 2.63. The van der Waals surface area contributed by atoms with Gasteiger partial charge in [0.1, 0.15) is 5.75 Å². The van der Waals surface area contributed by atoms with Crippen LogP contribution >= 0.6 is 0 Å². The van der Waals surface area contributed by atoms with Crippen LogP contribution in [0.1, 0.15) is 30.0 Å². The predicted octanol–water partition coefficient (Wildman–Crippen LogP) is 2.26. The summed E-state index contributed by atoms with van der Waals surface area (Å²) in [5, 5.41) is 17.3. The number of phenols is 1. The third-order valence-corrected chi connectivity index (χ3v) is 3.72. The largest absolute Gasteiger partial charge is 0.508 e. The summed E-state index contributed by atoms with van der Waals surface area (Å²) in [6.07, 6.45) is 7.06. The summed E-state index contributed by atoms with van der Waals surface area (Å²) in [6.45, 7) is 1.94. The summed E-state index contributed by atoms with van der Waals surface area (Å²) in [4.78, 5) is 0. The average molecular weight is 257 g/mol. The molecule has 1 atom stereocenters. The van der Waals surface area contributed by atoms with Gasteiger partial charge in [-0.2, -0.15) is 5.10 Å². The minimum atomic E-state index is 0.373. The van der Waals surface area contributed by atoms with Crippen molar-refractivity contribution in [1.82, 2.24) is 15.1 Å². The molecule has 1 aliphatic rings. The number of nitrogens with one attached hydrogen (secondary N) is 1. The Bertz CT molecular complexity index is 536. The van der Waals surface area contributed by atoms with Crippen molar-refractivity contribution in [2.45, 2.75) is 31.8 Å². The molecule has 2 aromatic rings. The Morgan fingerprint density at radius 2 is 2.37 bits per heavy atom. The first-order chi connectivity index (χ1) is 9.33. The maximum absolute atomic E-state index is 9.47. The zero-order chi connectivity index (χ0) is 13.1. The van der Waals surface area contributed by atoms with Crippen LogP contribution in [0.25, 0.3) is 0 Å². The van der Waals surface area contributed by atoms with Crippen molar-refractivity contribution >= 4 is 0 Å². The van der Waals surface area contributed by atoms with E-state index in [9.17, 15) is 5.11 Å². The van der Waals surface area contributed by atoms with Crippen LogP contribution in [-0.2, 0) is 13.0 Å². The molecule has 1 aromatic carbocycles. The highest BCUT2D eigenvalue weighted by Gasteiger charge is 2.21. The lowest BCUT2D eigenvalue weighted by Gasteiger charge is -2.14. The molecule has 0 fully saturated rings. The molecule has 100 valence electrons. The maximum atomic E-state index is 9.47. The molecule has 1 aliphatic carbocycles. The first kappa shape index (κ1) is 12.2. The number of aromatic nitrogens is 2. The van der Waals surface area contributed by atoms with Crippen molar-refractivity contribution in [3.8, 4) is 5.75 Å². The minimum absolute atomic E-state index is 0.373. The van der Waals surface area contributed by atoms with E-state index in [1.165, 1.54) is 11.1 Å². The van der Waals surface area contributed by atoms with Gasteiger partial charge in [0.15, 0.2) is 0 Å². The third kappa shape index (κ3) is 2.79. The lowest BCUT2D eigenvalue weighted by atomic mass is 10.1. The van der Waals surface area contributed by atoms with E-state index in [-0.39, 0.29) is 0 Å². The second-order valence-corrected chi connectivity index (χ2v) is 5.05. The number of rotatable bonds is 5. The second-order valence-electron chi connectivity index (χ2n) is 5.05. The first-order valence-corrected chi connectivity index (χ1v) is 6.85. The van der Waals surface area contributed by atoms with E-state index in [4.69, 9.17) is 0 Å². The van der Waals surface area contributed by atoms with Crippen LogP contribution in [0.3, 0.4) is 0 Å². The predicted molar refractivity (Wildman–Crippen MR) is 74.0 cm³/mol. The van der Waals surface area contributed by atoms with Crippen LogP contribution in [0.2, 0.25) is 0 Å². The standard InChI is InChI=1S/C15H19N3O/c19-13-4-5-14-12(11-13)3-6-15(14)16-7-1-9-18-10-2-8-17-18/h2,4-5,8,10-11,15-16,19H,1,3,6-7,9H2. The van der Waals surface area contributed by atoms with E-state index in [1.807, 2.05) is 35.3 Å². The number of hydrogen-bond donors (Lipinski definition) is 2. The first-order valence-electron chi connectivity index (χ1n) is 6.85. The number of benzene rings is 1. The number of phenolic OH excluding ortho intramolecular Hbond substituents is 1. The molecule has 3 rings (SSSR count). The molecule has 1 heterocycles. The molecule has 4 nitrogen and oxygen atoms in total. The maximum Gasteiger partial charge on any atom is 0.115 e. The van der Waals surface area contributed by atoms with Gasteiger partial charge in [-0.25, -0.2) is 0 Å². The SMILES string of the molecule is Oc1ccc2c(c1)CCC2NCCCn1cccn1. The summed E-state index contributed by atoms with van der Waals surface area (Å²) in [5.74, 6) is 0.373. The van der Waals surface area contributed by atoms with E-state index >= 15 is 0 Å². The van der Waals surface area contributed by atoms with E-state index in [2.05, 4.69) is 10.4 Å². The van der Waals surface area contributed by atoms with Gasteiger partial charge in [-0.3, -0.25) is 4.68 Å². The van der Waals surface area contributed by atoms with Crippen molar-refractivity contribution in [1.29, 1.82) is 0 Å². The van der Waals surface area contributed by atoms with Crippen LogP contribution in [0.15, 0.2) is 36.7 Å². The highest BCUT2D eigenvalue weighted by atomic mass is 16.3. The highest BCUT2D eigenvalue weighted by molar-refractivity contribution is 5.39. The fraction of sp³-hybridized carbons (Fsp3) is 0.400. The zero-order valence-corrected chi connectivity index (χ0v) is 10.9. The van der Waals surface area contributed by atoms with Crippen molar-refractivity contribution < 1.29 is 5.11 Å². The van der Waals surface area contributed by atoms with Crippen LogP contribution < -0.4 is 5.32 Å². The Labute approximate surface area is 113 Å². The Morgan fingerprint density at radius 3 is 3.21 bits per heavy atom. The van der Waals surface area contributed by atoms with Gasteiger partial charge in [-0.05, 0) is 55.1 Å². The normalized spacial score (nSPS) is 17.6. The molecule has 1 unspecified atom stereocenters. The molecule has 0 aliphatic heterocycles. The molecule has 0 saturated carbocycles. The Kier molecular flexibility index (Phi) is 3.51. The van der Waals surface area contributed by atoms with Gasteiger partial charge >= 0.3 is 0 Å². The quantitative estimate of drug-likeness (QED) is 0.808. The average Bonchev–Trinajstić information content (AvgIpc) is 3.03. The van der Waals surface area contributed by atoms with Crippen molar-refractivity contribution in [2.24, 2.45) is 0 Å². The van der Waals surface area contributed by atoms with Gasteiger partial charge in [0.05, 0.1) is 0 Å². The lowest BCUT2D eigenvalue weighted by molar-refractivity contribution is 0.474. The molecular weight excluding hydrogens is 238 g/mol. The number of fused-ring (bicyclic) bond motifs is 1. The topological polar surface area (TPSA) is 50.1 Å². The molecule has 0 radical (unpaired) electrons. The summed E-state index contributed by atoms with van der Waals surface area (Å²) < 4.78 is 1.96. The molecule has 4 heteroatoms. The van der Waals surface area contributed by atoms with Crippen molar-refractivity contribution in [3.05, 3.63) is 47.8 Å². The number of aryl methyl sites for hydroxylation is 2. The lowest BCUT2D eigenvalue weighted by Crippen LogP contribution is -2.21. The Hall–Kier alpha value is -1.81. The van der Waals surface area contributed by atoms with E-state index in [0.29, 0.717) is 11.8 Å². The Balaban J connectivity index is 1.50. The highest BCUT2D eigenvalue weighted by Crippen LogP contribution is 2.33. The van der Waals surface area contributed by atoms with E-state index in [1.54, 1.807) is 6.07 Å². The molecule has 2 N–H and O–H groups in total. The van der Waals surface area contributed by atoms with Gasteiger partial charge in [-0.1, -0.05) is 6.07 Å². The molecule has 0 bridgehead atoms. The fourth-order valence-corrected chi connectivity index (χ4v) is 2.77. The molecule has 0 spiro atoms. The molecule has 1 aromatic heterocycles. The summed E-state index contributed by atoms with van der Waals surface area (Å²) in [7, 11) is 0. The van der Waals surface area contributed by atoms with Gasteiger partial charge < -0.3 is 10.4 Å². The van der Waals surface area contributed by atoms with Gasteiger partial charge in [0, 0.05) is 25.0 Å². The fourth-order valence-electron chi connectivity index (χ4n) is 2.77. The van der Waals surface area contributed by atoms with Crippen molar-refractivity contribution in [2.75, 3.05) is 6.54 Å². The van der Waals surface area contributed by atoms with Gasteiger partial charge in [0.25, 0.3) is 0 Å². The minimum Gasteiger partial charge on any atom is -0.508 e. The number of nitrogens with zero attached hydrogens (tertiary/aromatic N) is 2. The zero-order valence-electron chi connectivity index (χ0n) is 10.9. The molecule has 19 heavy (non-hydrogen) atoms. The van der Waals surface area contributed by atoms with E-state index in [0.717, 1.165) is 32.4 Å². The van der Waals surface area contributed by atoms with Gasteiger partial charge in [0.2, 0.25) is 0 Å². The van der Waals surface area contributed by atoms with Crippen LogP contribution in [0, 0.1) is 0 Å².